The summed E-state index contributed by atoms with van der Waals surface area (Å²) in [6.45, 7) is 3.81. The van der Waals surface area contributed by atoms with Crippen molar-refractivity contribution in [2.24, 2.45) is 0 Å². The van der Waals surface area contributed by atoms with Gasteiger partial charge >= 0.3 is 0 Å². The van der Waals surface area contributed by atoms with E-state index in [0.717, 1.165) is 16.7 Å². The molecule has 0 bridgehead atoms. The Morgan fingerprint density at radius 1 is 1.08 bits per heavy atom. The molecule has 0 saturated carbocycles. The van der Waals surface area contributed by atoms with Gasteiger partial charge in [-0.2, -0.15) is 0 Å². The van der Waals surface area contributed by atoms with Crippen LogP contribution in [0.5, 0.6) is 0 Å². The summed E-state index contributed by atoms with van der Waals surface area (Å²) in [6, 6.07) is 16.9. The van der Waals surface area contributed by atoms with Crippen molar-refractivity contribution < 1.29 is 13.2 Å². The lowest BCUT2D eigenvalue weighted by Crippen LogP contribution is -2.28. The lowest BCUT2D eigenvalue weighted by molar-refractivity contribution is -0.121. The van der Waals surface area contributed by atoms with Crippen molar-refractivity contribution >= 4 is 15.7 Å². The molecule has 5 heteroatoms. The monoisotopic (exact) mass is 345 g/mol. The summed E-state index contributed by atoms with van der Waals surface area (Å²) in [5, 5.41) is 2.84. The van der Waals surface area contributed by atoms with Crippen LogP contribution in [0.4, 0.5) is 0 Å². The third-order valence-electron chi connectivity index (χ3n) is 3.79. The molecular weight excluding hydrogens is 322 g/mol. The largest absolute Gasteiger partial charge is 0.350 e. The molecule has 0 spiro atoms. The summed E-state index contributed by atoms with van der Waals surface area (Å²) in [6.07, 6.45) is -0.0225. The van der Waals surface area contributed by atoms with E-state index in [0.29, 0.717) is 0 Å². The number of hydrogen-bond acceptors (Lipinski definition) is 3. The van der Waals surface area contributed by atoms with Crippen molar-refractivity contribution in [3.8, 4) is 0 Å². The first kappa shape index (κ1) is 18.2. The first-order valence-corrected chi connectivity index (χ1v) is 9.78. The van der Waals surface area contributed by atoms with Gasteiger partial charge in [-0.1, -0.05) is 60.2 Å². The molecule has 0 saturated heterocycles. The van der Waals surface area contributed by atoms with Crippen LogP contribution in [0.3, 0.4) is 0 Å². The number of carbonyl (C=O) groups is 1. The maximum absolute atomic E-state index is 12.2. The number of amides is 1. The van der Waals surface area contributed by atoms with E-state index in [1.165, 1.54) is 0 Å². The molecule has 24 heavy (non-hydrogen) atoms. The van der Waals surface area contributed by atoms with Crippen LogP contribution in [0.2, 0.25) is 0 Å². The van der Waals surface area contributed by atoms with Crippen LogP contribution in [0.1, 0.15) is 36.1 Å². The summed E-state index contributed by atoms with van der Waals surface area (Å²) < 4.78 is 24.4. The molecule has 2 aromatic carbocycles. The van der Waals surface area contributed by atoms with Crippen molar-refractivity contribution in [2.75, 3.05) is 5.75 Å². The second-order valence-electron chi connectivity index (χ2n) is 6.03. The number of hydrogen-bond donors (Lipinski definition) is 1. The van der Waals surface area contributed by atoms with Gasteiger partial charge in [0.05, 0.1) is 17.5 Å². The van der Waals surface area contributed by atoms with Crippen molar-refractivity contribution in [1.29, 1.82) is 0 Å². The van der Waals surface area contributed by atoms with Gasteiger partial charge < -0.3 is 5.32 Å². The smallest absolute Gasteiger partial charge is 0.221 e. The minimum Gasteiger partial charge on any atom is -0.350 e. The second kappa shape index (κ2) is 8.11. The van der Waals surface area contributed by atoms with E-state index in [9.17, 15) is 13.2 Å². The summed E-state index contributed by atoms with van der Waals surface area (Å²) in [5.74, 6) is -0.427. The van der Waals surface area contributed by atoms with Crippen LogP contribution in [-0.2, 0) is 20.4 Å². The zero-order valence-corrected chi connectivity index (χ0v) is 14.8. The number of benzene rings is 2. The number of carbonyl (C=O) groups excluding carboxylic acids is 1. The molecule has 2 rings (SSSR count). The highest BCUT2D eigenvalue weighted by molar-refractivity contribution is 7.90. The molecule has 0 fully saturated rings. The minimum absolute atomic E-state index is 0.0225. The Morgan fingerprint density at radius 2 is 1.79 bits per heavy atom. The number of nitrogens with one attached hydrogen (secondary N) is 1. The van der Waals surface area contributed by atoms with Gasteiger partial charge in [0.25, 0.3) is 0 Å². The SMILES string of the molecule is Cc1cccc(CS(=O)(=O)CCC(=O)NC(C)c2ccccc2)c1. The molecule has 0 heterocycles. The quantitative estimate of drug-likeness (QED) is 0.838. The molecule has 0 aliphatic heterocycles. The van der Waals surface area contributed by atoms with Gasteiger partial charge in [-0.05, 0) is 25.0 Å². The standard InChI is InChI=1S/C19H23NO3S/c1-15-7-6-8-17(13-15)14-24(22,23)12-11-19(21)20-16(2)18-9-4-3-5-10-18/h3-10,13,16H,11-12,14H2,1-2H3,(H,20,21). The van der Waals surface area contributed by atoms with Gasteiger partial charge in [0.1, 0.15) is 0 Å². The van der Waals surface area contributed by atoms with Crippen LogP contribution < -0.4 is 5.32 Å². The van der Waals surface area contributed by atoms with Crippen LogP contribution >= 0.6 is 0 Å². The third kappa shape index (κ3) is 5.81. The van der Waals surface area contributed by atoms with E-state index in [4.69, 9.17) is 0 Å². The lowest BCUT2D eigenvalue weighted by atomic mass is 10.1. The van der Waals surface area contributed by atoms with Gasteiger partial charge in [0, 0.05) is 6.42 Å². The van der Waals surface area contributed by atoms with Gasteiger partial charge in [-0.25, -0.2) is 8.42 Å². The van der Waals surface area contributed by atoms with E-state index in [1.54, 1.807) is 6.07 Å². The van der Waals surface area contributed by atoms with Crippen molar-refractivity contribution in [1.82, 2.24) is 5.32 Å². The molecule has 0 aromatic heterocycles. The highest BCUT2D eigenvalue weighted by Gasteiger charge is 2.16. The zero-order chi connectivity index (χ0) is 17.6. The Kier molecular flexibility index (Phi) is 6.15. The highest BCUT2D eigenvalue weighted by atomic mass is 32.2. The Bertz CT molecular complexity index is 785. The van der Waals surface area contributed by atoms with Crippen LogP contribution in [-0.4, -0.2) is 20.1 Å². The lowest BCUT2D eigenvalue weighted by Gasteiger charge is -2.14. The predicted molar refractivity (Wildman–Crippen MR) is 96.3 cm³/mol. The van der Waals surface area contributed by atoms with Crippen molar-refractivity contribution in [3.63, 3.8) is 0 Å². The first-order valence-electron chi connectivity index (χ1n) is 7.96. The van der Waals surface area contributed by atoms with Crippen molar-refractivity contribution in [2.45, 2.75) is 32.1 Å². The van der Waals surface area contributed by atoms with E-state index in [1.807, 2.05) is 62.4 Å². The molecule has 0 radical (unpaired) electrons. The third-order valence-corrected chi connectivity index (χ3v) is 5.39. The summed E-state index contributed by atoms with van der Waals surface area (Å²) in [4.78, 5) is 12.0. The maximum atomic E-state index is 12.2. The molecule has 1 unspecified atom stereocenters. The fraction of sp³-hybridized carbons (Fsp3) is 0.316. The number of rotatable bonds is 7. The Hall–Kier alpha value is -2.14. The van der Waals surface area contributed by atoms with Crippen molar-refractivity contribution in [3.05, 3.63) is 71.3 Å². The highest BCUT2D eigenvalue weighted by Crippen LogP contribution is 2.12. The molecule has 128 valence electrons. The van der Waals surface area contributed by atoms with E-state index in [2.05, 4.69) is 5.32 Å². The summed E-state index contributed by atoms with van der Waals surface area (Å²) in [5.41, 5.74) is 2.78. The molecular formula is C19H23NO3S. The van der Waals surface area contributed by atoms with Gasteiger partial charge in [0.15, 0.2) is 9.84 Å². The first-order chi connectivity index (χ1) is 11.4. The molecule has 0 aliphatic carbocycles. The summed E-state index contributed by atoms with van der Waals surface area (Å²) in [7, 11) is -3.31. The fourth-order valence-corrected chi connectivity index (χ4v) is 3.84. The fourth-order valence-electron chi connectivity index (χ4n) is 2.51. The Morgan fingerprint density at radius 3 is 2.46 bits per heavy atom. The average Bonchev–Trinajstić information content (AvgIpc) is 2.53. The Labute approximate surface area is 143 Å². The molecule has 1 amide bonds. The normalized spacial score (nSPS) is 12.6. The zero-order valence-electron chi connectivity index (χ0n) is 14.0. The van der Waals surface area contributed by atoms with E-state index >= 15 is 0 Å². The average molecular weight is 345 g/mol. The molecule has 2 aromatic rings. The molecule has 1 N–H and O–H groups in total. The topological polar surface area (TPSA) is 63.2 Å². The molecule has 1 atom stereocenters. The molecule has 4 nitrogen and oxygen atoms in total. The van der Waals surface area contributed by atoms with Gasteiger partial charge in [-0.15, -0.1) is 0 Å². The second-order valence-corrected chi connectivity index (χ2v) is 8.22. The van der Waals surface area contributed by atoms with Crippen LogP contribution in [0.15, 0.2) is 54.6 Å². The predicted octanol–water partition coefficient (Wildman–Crippen LogP) is 3.18. The molecule has 0 aliphatic rings. The van der Waals surface area contributed by atoms with Gasteiger partial charge in [-0.3, -0.25) is 4.79 Å². The summed E-state index contributed by atoms with van der Waals surface area (Å²) >= 11 is 0. The van der Waals surface area contributed by atoms with Crippen LogP contribution in [0.25, 0.3) is 0 Å². The minimum atomic E-state index is -3.31. The van der Waals surface area contributed by atoms with E-state index < -0.39 is 9.84 Å². The number of aryl methyl sites for hydroxylation is 1. The number of sulfone groups is 1. The van der Waals surface area contributed by atoms with E-state index in [-0.39, 0.29) is 29.9 Å². The Balaban J connectivity index is 1.86. The van der Waals surface area contributed by atoms with Gasteiger partial charge in [0.2, 0.25) is 5.91 Å². The maximum Gasteiger partial charge on any atom is 0.221 e. The van der Waals surface area contributed by atoms with Crippen LogP contribution in [0, 0.1) is 6.92 Å².